The summed E-state index contributed by atoms with van der Waals surface area (Å²) in [4.78, 5) is 40.4. The van der Waals surface area contributed by atoms with Crippen LogP contribution in [0.5, 0.6) is 0 Å². The smallest absolute Gasteiger partial charge is 0.254 e. The first-order valence-electron chi connectivity index (χ1n) is 12.6. The summed E-state index contributed by atoms with van der Waals surface area (Å²) in [7, 11) is 0. The van der Waals surface area contributed by atoms with Crippen molar-refractivity contribution in [2.24, 2.45) is 0 Å². The maximum atomic E-state index is 12.9. The Bertz CT molecular complexity index is 1240. The third-order valence-corrected chi connectivity index (χ3v) is 7.57. The summed E-state index contributed by atoms with van der Waals surface area (Å²) in [6, 6.07) is 19.9. The van der Waals surface area contributed by atoms with Gasteiger partial charge in [-0.15, -0.1) is 0 Å². The van der Waals surface area contributed by atoms with Crippen molar-refractivity contribution in [2.45, 2.75) is 17.8 Å². The monoisotopic (exact) mass is 517 g/mol. The maximum Gasteiger partial charge on any atom is 0.254 e. The summed E-state index contributed by atoms with van der Waals surface area (Å²) in [6.07, 6.45) is 0. The second kappa shape index (κ2) is 11.7. The molecule has 0 aliphatic carbocycles. The summed E-state index contributed by atoms with van der Waals surface area (Å²) in [6.45, 7) is 6.89. The highest BCUT2D eigenvalue weighted by molar-refractivity contribution is 7.98. The number of carbonyl (C=O) groups is 2. The van der Waals surface area contributed by atoms with Crippen LogP contribution in [0.25, 0.3) is 11.3 Å². The fourth-order valence-electron chi connectivity index (χ4n) is 4.54. The molecular formula is C28H31N5O3S. The quantitative estimate of drug-likeness (QED) is 0.365. The highest BCUT2D eigenvalue weighted by Crippen LogP contribution is 2.28. The molecule has 2 aliphatic rings. The molecule has 0 bridgehead atoms. The first-order chi connectivity index (χ1) is 18.1. The highest BCUT2D eigenvalue weighted by Gasteiger charge is 2.22. The molecule has 0 radical (unpaired) electrons. The predicted molar refractivity (Wildman–Crippen MR) is 145 cm³/mol. The molecule has 2 aromatic carbocycles. The molecule has 192 valence electrons. The Hall–Kier alpha value is -3.43. The summed E-state index contributed by atoms with van der Waals surface area (Å²) >= 11 is 1.56. The van der Waals surface area contributed by atoms with E-state index in [1.165, 1.54) is 0 Å². The molecule has 2 saturated heterocycles. The van der Waals surface area contributed by atoms with Gasteiger partial charge in [-0.05, 0) is 17.7 Å². The third kappa shape index (κ3) is 6.29. The van der Waals surface area contributed by atoms with E-state index in [0.29, 0.717) is 55.9 Å². The Morgan fingerprint density at radius 2 is 1.62 bits per heavy atom. The number of nitrogens with zero attached hydrogens (tertiary/aromatic N) is 5. The Labute approximate surface area is 221 Å². The molecule has 0 atom stereocenters. The number of aromatic nitrogens is 2. The lowest BCUT2D eigenvalue weighted by Crippen LogP contribution is -2.48. The average Bonchev–Trinajstić information content (AvgIpc) is 2.96. The molecule has 2 amide bonds. The Balaban J connectivity index is 1.34. The molecule has 3 heterocycles. The molecule has 37 heavy (non-hydrogen) atoms. The fourth-order valence-corrected chi connectivity index (χ4v) is 5.33. The number of anilines is 1. The number of hydrogen-bond donors (Lipinski definition) is 0. The molecule has 1 aromatic heterocycles. The SMILES string of the molecule is CC(=O)N1CCN(c2cc(-c3ccccc3)nc(SCc3cccc(C(=O)N4CCOCC4)c3)n2)CC1. The number of piperazine rings is 1. The van der Waals surface area contributed by atoms with E-state index in [1.54, 1.807) is 18.7 Å². The van der Waals surface area contributed by atoms with Crippen molar-refractivity contribution < 1.29 is 14.3 Å². The van der Waals surface area contributed by atoms with Gasteiger partial charge >= 0.3 is 0 Å². The van der Waals surface area contributed by atoms with E-state index in [9.17, 15) is 9.59 Å². The van der Waals surface area contributed by atoms with Crippen LogP contribution in [-0.2, 0) is 15.3 Å². The van der Waals surface area contributed by atoms with Crippen LogP contribution in [0.4, 0.5) is 5.82 Å². The van der Waals surface area contributed by atoms with E-state index >= 15 is 0 Å². The normalized spacial score (nSPS) is 16.1. The lowest BCUT2D eigenvalue weighted by Gasteiger charge is -2.35. The fraction of sp³-hybridized carbons (Fsp3) is 0.357. The van der Waals surface area contributed by atoms with Gasteiger partial charge in [-0.1, -0.05) is 54.2 Å². The van der Waals surface area contributed by atoms with Crippen LogP contribution in [0.3, 0.4) is 0 Å². The number of ether oxygens (including phenoxy) is 1. The number of amides is 2. The average molecular weight is 518 g/mol. The van der Waals surface area contributed by atoms with Crippen LogP contribution in [-0.4, -0.2) is 84.1 Å². The Morgan fingerprint density at radius 3 is 2.35 bits per heavy atom. The van der Waals surface area contributed by atoms with E-state index in [1.807, 2.05) is 58.3 Å². The van der Waals surface area contributed by atoms with Gasteiger partial charge < -0.3 is 19.4 Å². The van der Waals surface area contributed by atoms with Crippen LogP contribution in [0.2, 0.25) is 0 Å². The molecule has 0 N–H and O–H groups in total. The van der Waals surface area contributed by atoms with Crippen LogP contribution in [0, 0.1) is 0 Å². The second-order valence-corrected chi connectivity index (χ2v) is 10.1. The number of hydrogen-bond acceptors (Lipinski definition) is 7. The molecular weight excluding hydrogens is 486 g/mol. The van der Waals surface area contributed by atoms with Crippen molar-refractivity contribution >= 4 is 29.4 Å². The van der Waals surface area contributed by atoms with Gasteiger partial charge in [0.2, 0.25) is 5.91 Å². The second-order valence-electron chi connectivity index (χ2n) is 9.15. The van der Waals surface area contributed by atoms with Crippen LogP contribution >= 0.6 is 11.8 Å². The Kier molecular flexibility index (Phi) is 8.01. The van der Waals surface area contributed by atoms with Crippen molar-refractivity contribution in [3.8, 4) is 11.3 Å². The lowest BCUT2D eigenvalue weighted by atomic mass is 10.1. The lowest BCUT2D eigenvalue weighted by molar-refractivity contribution is -0.129. The summed E-state index contributed by atoms with van der Waals surface area (Å²) in [5, 5.41) is 0.690. The number of morpholine rings is 1. The maximum absolute atomic E-state index is 12.9. The van der Waals surface area contributed by atoms with E-state index in [-0.39, 0.29) is 11.8 Å². The number of rotatable bonds is 6. The first-order valence-corrected chi connectivity index (χ1v) is 13.6. The number of benzene rings is 2. The molecule has 2 fully saturated rings. The zero-order chi connectivity index (χ0) is 25.6. The topological polar surface area (TPSA) is 78.9 Å². The minimum atomic E-state index is 0.0458. The summed E-state index contributed by atoms with van der Waals surface area (Å²) in [5.74, 6) is 1.68. The number of thioether (sulfide) groups is 1. The van der Waals surface area contributed by atoms with Crippen molar-refractivity contribution in [3.63, 3.8) is 0 Å². The van der Waals surface area contributed by atoms with Gasteiger partial charge in [0.25, 0.3) is 5.91 Å². The largest absolute Gasteiger partial charge is 0.378 e. The van der Waals surface area contributed by atoms with Gasteiger partial charge in [-0.25, -0.2) is 9.97 Å². The Morgan fingerprint density at radius 1 is 0.865 bits per heavy atom. The zero-order valence-corrected chi connectivity index (χ0v) is 21.8. The highest BCUT2D eigenvalue weighted by atomic mass is 32.2. The van der Waals surface area contributed by atoms with Crippen molar-refractivity contribution in [2.75, 3.05) is 57.4 Å². The van der Waals surface area contributed by atoms with Crippen LogP contribution in [0.15, 0.2) is 65.8 Å². The predicted octanol–water partition coefficient (Wildman–Crippen LogP) is 3.58. The first kappa shape index (κ1) is 25.2. The molecule has 9 heteroatoms. The molecule has 0 saturated carbocycles. The molecule has 0 unspecified atom stereocenters. The van der Waals surface area contributed by atoms with Gasteiger partial charge in [0, 0.05) is 69.1 Å². The zero-order valence-electron chi connectivity index (χ0n) is 21.0. The van der Waals surface area contributed by atoms with E-state index in [4.69, 9.17) is 14.7 Å². The molecule has 2 aliphatic heterocycles. The minimum Gasteiger partial charge on any atom is -0.378 e. The van der Waals surface area contributed by atoms with Crippen LogP contribution in [0.1, 0.15) is 22.8 Å². The van der Waals surface area contributed by atoms with E-state index in [2.05, 4.69) is 17.0 Å². The van der Waals surface area contributed by atoms with Crippen molar-refractivity contribution in [1.29, 1.82) is 0 Å². The molecule has 5 rings (SSSR count). The van der Waals surface area contributed by atoms with Gasteiger partial charge in [0.05, 0.1) is 18.9 Å². The van der Waals surface area contributed by atoms with Gasteiger partial charge in [-0.2, -0.15) is 0 Å². The van der Waals surface area contributed by atoms with Crippen molar-refractivity contribution in [1.82, 2.24) is 19.8 Å². The third-order valence-electron chi connectivity index (χ3n) is 6.65. The summed E-state index contributed by atoms with van der Waals surface area (Å²) < 4.78 is 5.38. The number of carbonyl (C=O) groups excluding carboxylic acids is 2. The molecule has 0 spiro atoms. The minimum absolute atomic E-state index is 0.0458. The van der Waals surface area contributed by atoms with E-state index < -0.39 is 0 Å². The molecule has 3 aromatic rings. The molecule has 8 nitrogen and oxygen atoms in total. The van der Waals surface area contributed by atoms with Gasteiger partial charge in [0.15, 0.2) is 5.16 Å². The van der Waals surface area contributed by atoms with Crippen molar-refractivity contribution in [3.05, 3.63) is 71.8 Å². The standard InChI is InChI=1S/C28H31N5O3S/c1-21(34)31-10-12-32(13-11-31)26-19-25(23-7-3-2-4-8-23)29-28(30-26)37-20-22-6-5-9-24(18-22)27(35)33-14-16-36-17-15-33/h2-9,18-19H,10-17,20H2,1H3. The van der Waals surface area contributed by atoms with Crippen LogP contribution < -0.4 is 4.90 Å². The van der Waals surface area contributed by atoms with Gasteiger partial charge in [-0.3, -0.25) is 9.59 Å². The van der Waals surface area contributed by atoms with E-state index in [0.717, 1.165) is 35.7 Å². The summed E-state index contributed by atoms with van der Waals surface area (Å²) in [5.41, 5.74) is 3.66. The van der Waals surface area contributed by atoms with Gasteiger partial charge in [0.1, 0.15) is 5.82 Å².